The van der Waals surface area contributed by atoms with Gasteiger partial charge in [-0.05, 0) is 36.5 Å². The van der Waals surface area contributed by atoms with E-state index in [1.54, 1.807) is 23.9 Å². The first-order valence-corrected chi connectivity index (χ1v) is 11.6. The van der Waals surface area contributed by atoms with Crippen molar-refractivity contribution < 1.29 is 0 Å². The van der Waals surface area contributed by atoms with Gasteiger partial charge >= 0.3 is 0 Å². The summed E-state index contributed by atoms with van der Waals surface area (Å²) in [5.41, 5.74) is 0.452. The van der Waals surface area contributed by atoms with Crippen molar-refractivity contribution in [2.75, 3.05) is 11.5 Å². The molecule has 3 nitrogen and oxygen atoms in total. The largest absolute Gasteiger partial charge is 0.321 e. The molecule has 0 radical (unpaired) electrons. The number of aromatic nitrogens is 1. The molecule has 0 aliphatic rings. The van der Waals surface area contributed by atoms with Crippen molar-refractivity contribution in [3.8, 4) is 0 Å². The number of hydrogen-bond donors (Lipinski definition) is 1. The summed E-state index contributed by atoms with van der Waals surface area (Å²) in [6.45, 7) is 4.31. The summed E-state index contributed by atoms with van der Waals surface area (Å²) in [5, 5.41) is 0.596. The van der Waals surface area contributed by atoms with Gasteiger partial charge in [0.2, 0.25) is 5.43 Å². The fourth-order valence-electron chi connectivity index (χ4n) is 2.82. The van der Waals surface area contributed by atoms with Crippen molar-refractivity contribution in [3.63, 3.8) is 0 Å². The molecule has 0 amide bonds. The second-order valence-corrected chi connectivity index (χ2v) is 8.66. The zero-order valence-corrected chi connectivity index (χ0v) is 17.4. The minimum Gasteiger partial charge on any atom is -0.321 e. The van der Waals surface area contributed by atoms with Gasteiger partial charge in [0.25, 0.3) is 5.56 Å². The van der Waals surface area contributed by atoms with Crippen LogP contribution in [-0.2, 0) is 0 Å². The average molecular weight is 392 g/mol. The van der Waals surface area contributed by atoms with Crippen LogP contribution in [-0.4, -0.2) is 16.5 Å². The topological polar surface area (TPSA) is 49.9 Å². The highest BCUT2D eigenvalue weighted by atomic mass is 32.2. The second-order valence-electron chi connectivity index (χ2n) is 6.45. The molecule has 2 aromatic rings. The van der Waals surface area contributed by atoms with Crippen molar-refractivity contribution in [1.82, 2.24) is 4.98 Å². The maximum absolute atomic E-state index is 13.1. The van der Waals surface area contributed by atoms with Gasteiger partial charge in [-0.15, -0.1) is 23.5 Å². The number of fused-ring (bicyclic) bond motifs is 1. The van der Waals surface area contributed by atoms with E-state index in [1.165, 1.54) is 43.9 Å². The third kappa shape index (κ3) is 5.92. The maximum atomic E-state index is 13.1. The Labute approximate surface area is 164 Å². The Morgan fingerprint density at radius 1 is 0.808 bits per heavy atom. The SMILES string of the molecule is CCCCCCCCSc1c(SCCC)c(=O)[nH]c2ccccc2c1=O. The van der Waals surface area contributed by atoms with Gasteiger partial charge in [-0.3, -0.25) is 9.59 Å². The Morgan fingerprint density at radius 3 is 2.27 bits per heavy atom. The fraction of sp³-hybridized carbons (Fsp3) is 0.524. The summed E-state index contributed by atoms with van der Waals surface area (Å²) < 4.78 is 0. The molecule has 0 saturated heterocycles. The van der Waals surface area contributed by atoms with E-state index in [-0.39, 0.29) is 11.0 Å². The molecule has 0 aliphatic carbocycles. The van der Waals surface area contributed by atoms with Crippen LogP contribution in [0.25, 0.3) is 10.9 Å². The number of benzene rings is 1. The van der Waals surface area contributed by atoms with Crippen molar-refractivity contribution in [2.45, 2.75) is 68.6 Å². The number of rotatable bonds is 11. The van der Waals surface area contributed by atoms with Crippen LogP contribution in [0, 0.1) is 0 Å². The van der Waals surface area contributed by atoms with Crippen LogP contribution in [0.3, 0.4) is 0 Å². The Morgan fingerprint density at radius 2 is 1.50 bits per heavy atom. The zero-order chi connectivity index (χ0) is 18.8. The van der Waals surface area contributed by atoms with Crippen LogP contribution in [0.5, 0.6) is 0 Å². The fourth-order valence-corrected chi connectivity index (χ4v) is 5.01. The summed E-state index contributed by atoms with van der Waals surface area (Å²) in [5.74, 6) is 1.73. The van der Waals surface area contributed by atoms with Gasteiger partial charge in [-0.25, -0.2) is 0 Å². The number of aromatic amines is 1. The Bertz CT molecular complexity index is 817. The maximum Gasteiger partial charge on any atom is 0.263 e. The molecule has 2 rings (SSSR count). The number of nitrogens with one attached hydrogen (secondary N) is 1. The van der Waals surface area contributed by atoms with Crippen LogP contribution in [0.1, 0.15) is 58.8 Å². The second kappa shape index (κ2) is 11.5. The quantitative estimate of drug-likeness (QED) is 0.386. The van der Waals surface area contributed by atoms with Crippen LogP contribution in [0.2, 0.25) is 0 Å². The lowest BCUT2D eigenvalue weighted by atomic mass is 10.1. The van der Waals surface area contributed by atoms with Crippen LogP contribution < -0.4 is 11.0 Å². The Hall–Kier alpha value is -1.20. The normalized spacial score (nSPS) is 11.2. The molecule has 1 N–H and O–H groups in total. The van der Waals surface area contributed by atoms with Crippen molar-refractivity contribution in [3.05, 3.63) is 44.8 Å². The van der Waals surface area contributed by atoms with E-state index in [0.29, 0.717) is 20.7 Å². The molecular formula is C21H29NO2S2. The summed E-state index contributed by atoms with van der Waals surface area (Å²) in [4.78, 5) is 29.9. The molecule has 1 heterocycles. The van der Waals surface area contributed by atoms with Crippen LogP contribution in [0.15, 0.2) is 43.6 Å². The van der Waals surface area contributed by atoms with Crippen molar-refractivity contribution >= 4 is 34.4 Å². The molecule has 0 unspecified atom stereocenters. The first-order valence-electron chi connectivity index (χ1n) is 9.64. The number of para-hydroxylation sites is 1. The van der Waals surface area contributed by atoms with E-state index < -0.39 is 0 Å². The van der Waals surface area contributed by atoms with Gasteiger partial charge in [0.05, 0.1) is 15.3 Å². The molecular weight excluding hydrogens is 362 g/mol. The Balaban J connectivity index is 2.25. The highest BCUT2D eigenvalue weighted by molar-refractivity contribution is 8.02. The number of H-pyrrole nitrogens is 1. The molecule has 1 aromatic carbocycles. The molecule has 142 valence electrons. The van der Waals surface area contributed by atoms with Crippen molar-refractivity contribution in [2.24, 2.45) is 0 Å². The van der Waals surface area contributed by atoms with Crippen LogP contribution >= 0.6 is 23.5 Å². The minimum absolute atomic E-state index is 0.0199. The lowest BCUT2D eigenvalue weighted by Crippen LogP contribution is -2.09. The summed E-state index contributed by atoms with van der Waals surface area (Å²) in [6.07, 6.45) is 8.33. The molecule has 0 aliphatic heterocycles. The third-order valence-corrected chi connectivity index (χ3v) is 6.82. The lowest BCUT2D eigenvalue weighted by Gasteiger charge is -2.04. The minimum atomic E-state index is -0.146. The van der Waals surface area contributed by atoms with E-state index in [2.05, 4.69) is 18.8 Å². The molecule has 0 saturated carbocycles. The van der Waals surface area contributed by atoms with Gasteiger partial charge in [0.15, 0.2) is 0 Å². The third-order valence-electron chi connectivity index (χ3n) is 4.23. The summed E-state index contributed by atoms with van der Waals surface area (Å²) in [7, 11) is 0. The monoisotopic (exact) mass is 391 g/mol. The van der Waals surface area contributed by atoms with Gasteiger partial charge in [-0.1, -0.05) is 58.1 Å². The molecule has 1 aromatic heterocycles. The molecule has 0 spiro atoms. The van der Waals surface area contributed by atoms with Gasteiger partial charge in [0, 0.05) is 5.39 Å². The summed E-state index contributed by atoms with van der Waals surface area (Å²) >= 11 is 3.06. The first-order chi connectivity index (χ1) is 12.7. The smallest absolute Gasteiger partial charge is 0.263 e. The van der Waals surface area contributed by atoms with Gasteiger partial charge < -0.3 is 4.98 Å². The highest BCUT2D eigenvalue weighted by Crippen LogP contribution is 2.27. The Kier molecular flexibility index (Phi) is 9.33. The highest BCUT2D eigenvalue weighted by Gasteiger charge is 2.14. The lowest BCUT2D eigenvalue weighted by molar-refractivity contribution is 0.627. The molecule has 0 fully saturated rings. The van der Waals surface area contributed by atoms with Crippen LogP contribution in [0.4, 0.5) is 0 Å². The van der Waals surface area contributed by atoms with E-state index in [0.717, 1.165) is 24.3 Å². The van der Waals surface area contributed by atoms with E-state index in [4.69, 9.17) is 0 Å². The predicted octanol–water partition coefficient (Wildman–Crippen LogP) is 5.84. The van der Waals surface area contributed by atoms with E-state index in [9.17, 15) is 9.59 Å². The van der Waals surface area contributed by atoms with Gasteiger partial charge in [-0.2, -0.15) is 0 Å². The number of unbranched alkanes of at least 4 members (excludes halogenated alkanes) is 5. The first kappa shape index (κ1) is 21.1. The average Bonchev–Trinajstić information content (AvgIpc) is 2.74. The predicted molar refractivity (Wildman–Crippen MR) is 116 cm³/mol. The van der Waals surface area contributed by atoms with Gasteiger partial charge in [0.1, 0.15) is 0 Å². The number of thioether (sulfide) groups is 2. The molecule has 5 heteroatoms. The summed E-state index contributed by atoms with van der Waals surface area (Å²) in [6, 6.07) is 7.30. The molecule has 0 atom stereocenters. The van der Waals surface area contributed by atoms with Crippen molar-refractivity contribution in [1.29, 1.82) is 0 Å². The standard InChI is InChI=1S/C21H29NO2S2/c1-3-5-6-7-8-11-15-26-19-18(23)16-12-9-10-13-17(16)22-21(24)20(19)25-14-4-2/h9-10,12-13H,3-8,11,14-15H2,1-2H3,(H,22,24). The number of hydrogen-bond acceptors (Lipinski definition) is 4. The molecule has 26 heavy (non-hydrogen) atoms. The zero-order valence-electron chi connectivity index (χ0n) is 15.8. The van der Waals surface area contributed by atoms with E-state index >= 15 is 0 Å². The van der Waals surface area contributed by atoms with E-state index in [1.807, 2.05) is 12.1 Å². The molecule has 0 bridgehead atoms.